The quantitative estimate of drug-likeness (QED) is 0.842. The number of thiazole rings is 1. The van der Waals surface area contributed by atoms with E-state index in [4.69, 9.17) is 0 Å². The van der Waals surface area contributed by atoms with E-state index in [-0.39, 0.29) is 11.8 Å². The Balaban J connectivity index is 2.09. The molecule has 1 aliphatic rings. The first-order valence-electron chi connectivity index (χ1n) is 6.28. The predicted molar refractivity (Wildman–Crippen MR) is 70.7 cm³/mol. The number of halogens is 3. The third kappa shape index (κ3) is 3.23. The van der Waals surface area contributed by atoms with Gasteiger partial charge in [-0.25, -0.2) is 4.98 Å². The van der Waals surface area contributed by atoms with E-state index in [1.54, 1.807) is 19.0 Å². The van der Waals surface area contributed by atoms with Gasteiger partial charge in [-0.05, 0) is 12.8 Å². The van der Waals surface area contributed by atoms with Crippen LogP contribution in [0.2, 0.25) is 0 Å². The summed E-state index contributed by atoms with van der Waals surface area (Å²) in [4.78, 5) is 18.9. The fraction of sp³-hybridized carbons (Fsp3) is 0.667. The average Bonchev–Trinajstić information content (AvgIpc) is 2.87. The Morgan fingerprint density at radius 2 is 2.20 bits per heavy atom. The molecular formula is C12H16F3N3OS. The van der Waals surface area contributed by atoms with Gasteiger partial charge < -0.3 is 9.80 Å². The lowest BCUT2D eigenvalue weighted by Crippen LogP contribution is -2.42. The van der Waals surface area contributed by atoms with Gasteiger partial charge in [0, 0.05) is 32.6 Å². The van der Waals surface area contributed by atoms with Gasteiger partial charge in [0.2, 0.25) is 5.91 Å². The fourth-order valence-corrected chi connectivity index (χ4v) is 3.13. The molecule has 1 unspecified atom stereocenters. The third-order valence-electron chi connectivity index (χ3n) is 3.26. The number of carbonyl (C=O) groups is 1. The van der Waals surface area contributed by atoms with Crippen LogP contribution in [-0.2, 0) is 11.0 Å². The molecule has 1 fully saturated rings. The van der Waals surface area contributed by atoms with Gasteiger partial charge in [-0.2, -0.15) is 13.2 Å². The van der Waals surface area contributed by atoms with Gasteiger partial charge in [0.25, 0.3) is 0 Å². The highest BCUT2D eigenvalue weighted by Gasteiger charge is 2.35. The first kappa shape index (κ1) is 15.1. The summed E-state index contributed by atoms with van der Waals surface area (Å²) in [5.74, 6) is -0.153. The van der Waals surface area contributed by atoms with Gasteiger partial charge in [-0.1, -0.05) is 0 Å². The highest BCUT2D eigenvalue weighted by Crippen LogP contribution is 2.34. The molecule has 1 saturated heterocycles. The Morgan fingerprint density at radius 1 is 1.50 bits per heavy atom. The van der Waals surface area contributed by atoms with Crippen LogP contribution in [0.4, 0.5) is 18.3 Å². The van der Waals surface area contributed by atoms with Crippen molar-refractivity contribution in [3.8, 4) is 0 Å². The summed E-state index contributed by atoms with van der Waals surface area (Å²) in [5, 5.41) is 1.36. The van der Waals surface area contributed by atoms with E-state index in [1.165, 1.54) is 4.90 Å². The van der Waals surface area contributed by atoms with E-state index in [0.29, 0.717) is 18.2 Å². The minimum atomic E-state index is -4.41. The molecule has 20 heavy (non-hydrogen) atoms. The Morgan fingerprint density at radius 3 is 2.75 bits per heavy atom. The number of nitrogens with zero attached hydrogens (tertiary/aromatic N) is 3. The molecule has 1 amide bonds. The first-order valence-corrected chi connectivity index (χ1v) is 7.16. The number of alkyl halides is 3. The van der Waals surface area contributed by atoms with E-state index >= 15 is 0 Å². The van der Waals surface area contributed by atoms with Crippen LogP contribution in [0, 0.1) is 5.92 Å². The molecule has 2 heterocycles. The van der Waals surface area contributed by atoms with E-state index in [0.717, 1.165) is 29.6 Å². The fourth-order valence-electron chi connectivity index (χ4n) is 2.26. The third-order valence-corrected chi connectivity index (χ3v) is 4.17. The second-order valence-corrected chi connectivity index (χ2v) is 5.87. The summed E-state index contributed by atoms with van der Waals surface area (Å²) in [6.07, 6.45) is -2.86. The van der Waals surface area contributed by atoms with Gasteiger partial charge in [0.1, 0.15) is 0 Å². The highest BCUT2D eigenvalue weighted by molar-refractivity contribution is 7.13. The van der Waals surface area contributed by atoms with Crippen LogP contribution >= 0.6 is 11.3 Å². The van der Waals surface area contributed by atoms with Crippen molar-refractivity contribution >= 4 is 22.4 Å². The van der Waals surface area contributed by atoms with Gasteiger partial charge in [-0.3, -0.25) is 4.79 Å². The first-order chi connectivity index (χ1) is 9.29. The Hall–Kier alpha value is -1.31. The largest absolute Gasteiger partial charge is 0.434 e. The van der Waals surface area contributed by atoms with Crippen LogP contribution in [0.5, 0.6) is 0 Å². The van der Waals surface area contributed by atoms with Gasteiger partial charge in [0.15, 0.2) is 10.8 Å². The summed E-state index contributed by atoms with van der Waals surface area (Å²) >= 11 is 0.975. The summed E-state index contributed by atoms with van der Waals surface area (Å²) in [7, 11) is 3.37. The van der Waals surface area contributed by atoms with Gasteiger partial charge in [-0.15, -0.1) is 11.3 Å². The van der Waals surface area contributed by atoms with Gasteiger partial charge in [0.05, 0.1) is 5.92 Å². The lowest BCUT2D eigenvalue weighted by molar-refractivity contribution is -0.140. The molecule has 0 saturated carbocycles. The Bertz CT molecular complexity index is 487. The SMILES string of the molecule is CN(C)C(=O)C1CCCN(c2nc(C(F)(F)F)cs2)C1. The van der Waals surface area contributed by atoms with Crippen LogP contribution < -0.4 is 4.90 Å². The maximum atomic E-state index is 12.5. The van der Waals surface area contributed by atoms with Crippen molar-refractivity contribution in [2.24, 2.45) is 5.92 Å². The smallest absolute Gasteiger partial charge is 0.349 e. The van der Waals surface area contributed by atoms with Crippen molar-refractivity contribution in [3.05, 3.63) is 11.1 Å². The van der Waals surface area contributed by atoms with E-state index in [2.05, 4.69) is 4.98 Å². The second kappa shape index (κ2) is 5.59. The number of rotatable bonds is 2. The molecule has 0 aromatic carbocycles. The van der Waals surface area contributed by atoms with Crippen molar-refractivity contribution in [2.45, 2.75) is 19.0 Å². The molecule has 0 radical (unpaired) electrons. The zero-order chi connectivity index (χ0) is 14.9. The molecule has 0 spiro atoms. The molecule has 2 rings (SSSR count). The summed E-state index contributed by atoms with van der Waals surface area (Å²) < 4.78 is 37.6. The van der Waals surface area contributed by atoms with Crippen LogP contribution in [0.15, 0.2) is 5.38 Å². The Labute approximate surface area is 119 Å². The molecule has 1 aliphatic heterocycles. The van der Waals surface area contributed by atoms with Crippen LogP contribution in [-0.4, -0.2) is 43.0 Å². The zero-order valence-electron chi connectivity index (χ0n) is 11.3. The minimum absolute atomic E-state index is 0.0160. The van der Waals surface area contributed by atoms with Crippen LogP contribution in [0.25, 0.3) is 0 Å². The molecular weight excluding hydrogens is 291 g/mol. The minimum Gasteiger partial charge on any atom is -0.349 e. The van der Waals surface area contributed by atoms with E-state index < -0.39 is 11.9 Å². The molecule has 4 nitrogen and oxygen atoms in total. The zero-order valence-corrected chi connectivity index (χ0v) is 12.1. The number of amides is 1. The van der Waals surface area contributed by atoms with Crippen LogP contribution in [0.1, 0.15) is 18.5 Å². The molecule has 112 valence electrons. The lowest BCUT2D eigenvalue weighted by Gasteiger charge is -2.32. The van der Waals surface area contributed by atoms with Gasteiger partial charge >= 0.3 is 6.18 Å². The van der Waals surface area contributed by atoms with Crippen molar-refractivity contribution in [1.82, 2.24) is 9.88 Å². The number of piperidine rings is 1. The van der Waals surface area contributed by atoms with Crippen molar-refractivity contribution in [1.29, 1.82) is 0 Å². The number of anilines is 1. The summed E-state index contributed by atoms with van der Waals surface area (Å²) in [6, 6.07) is 0. The predicted octanol–water partition coefficient (Wildman–Crippen LogP) is 2.47. The molecule has 8 heteroatoms. The highest BCUT2D eigenvalue weighted by atomic mass is 32.1. The topological polar surface area (TPSA) is 36.4 Å². The standard InChI is InChI=1S/C12H16F3N3OS/c1-17(2)10(19)8-4-3-5-18(6-8)11-16-9(7-20-11)12(13,14)15/h7-8H,3-6H2,1-2H3. The normalized spacial score (nSPS) is 20.1. The maximum absolute atomic E-state index is 12.5. The molecule has 0 bridgehead atoms. The van der Waals surface area contributed by atoms with Crippen molar-refractivity contribution in [3.63, 3.8) is 0 Å². The summed E-state index contributed by atoms with van der Waals surface area (Å²) in [6.45, 7) is 1.07. The maximum Gasteiger partial charge on any atom is 0.434 e. The van der Waals surface area contributed by atoms with Crippen molar-refractivity contribution < 1.29 is 18.0 Å². The number of hydrogen-bond acceptors (Lipinski definition) is 4. The second-order valence-electron chi connectivity index (χ2n) is 5.03. The monoisotopic (exact) mass is 307 g/mol. The van der Waals surface area contributed by atoms with Crippen molar-refractivity contribution in [2.75, 3.05) is 32.1 Å². The number of aromatic nitrogens is 1. The number of carbonyl (C=O) groups excluding carboxylic acids is 1. The molecule has 1 aromatic rings. The number of hydrogen-bond donors (Lipinski definition) is 0. The molecule has 1 atom stereocenters. The average molecular weight is 307 g/mol. The van der Waals surface area contributed by atoms with E-state index in [1.807, 2.05) is 0 Å². The molecule has 1 aromatic heterocycles. The molecule has 0 aliphatic carbocycles. The Kier molecular flexibility index (Phi) is 4.22. The molecule has 0 N–H and O–H groups in total. The summed E-state index contributed by atoms with van der Waals surface area (Å²) in [5.41, 5.74) is -0.862. The lowest BCUT2D eigenvalue weighted by atomic mass is 9.97. The van der Waals surface area contributed by atoms with E-state index in [9.17, 15) is 18.0 Å². The van der Waals surface area contributed by atoms with Crippen LogP contribution in [0.3, 0.4) is 0 Å².